The van der Waals surface area contributed by atoms with Gasteiger partial charge in [0.2, 0.25) is 5.91 Å². The van der Waals surface area contributed by atoms with Crippen molar-refractivity contribution >= 4 is 23.4 Å². The predicted molar refractivity (Wildman–Crippen MR) is 105 cm³/mol. The number of hydrogen-bond acceptors (Lipinski definition) is 2. The molecule has 1 N–H and O–H groups in total. The number of hydrogen-bond donors (Lipinski definition) is 1. The highest BCUT2D eigenvalue weighted by Gasteiger charge is 2.47. The molecule has 3 aromatic rings. The van der Waals surface area contributed by atoms with Crippen LogP contribution in [0, 0.1) is 0 Å². The van der Waals surface area contributed by atoms with E-state index in [2.05, 4.69) is 35.6 Å². The summed E-state index contributed by atoms with van der Waals surface area (Å²) in [5, 5.41) is 3.09. The Kier molecular flexibility index (Phi) is 4.33. The lowest BCUT2D eigenvalue weighted by atomic mass is 9.92. The van der Waals surface area contributed by atoms with Crippen molar-refractivity contribution < 1.29 is 4.79 Å². The Hall–Kier alpha value is -2.52. The normalized spacial score (nSPS) is 18.6. The van der Waals surface area contributed by atoms with Crippen LogP contribution in [0.15, 0.2) is 84.9 Å². The third-order valence-electron chi connectivity index (χ3n) is 4.60. The molecule has 0 saturated heterocycles. The Bertz CT molecular complexity index is 879. The molecule has 3 aromatic carbocycles. The van der Waals surface area contributed by atoms with E-state index in [1.165, 1.54) is 11.1 Å². The largest absolute Gasteiger partial charge is 0.324 e. The number of carbonyl (C=O) groups excluding carboxylic acids is 1. The van der Waals surface area contributed by atoms with Gasteiger partial charge in [0.25, 0.3) is 0 Å². The number of fused-ring (bicyclic) bond motifs is 1. The van der Waals surface area contributed by atoms with Gasteiger partial charge in [-0.3, -0.25) is 4.79 Å². The molecule has 0 saturated carbocycles. The average Bonchev–Trinajstić information content (AvgIpc) is 2.94. The number of rotatable bonds is 5. The van der Waals surface area contributed by atoms with Crippen molar-refractivity contribution in [3.8, 4) is 0 Å². The molecular formula is C22H19NOS. The van der Waals surface area contributed by atoms with Crippen LogP contribution in [0.2, 0.25) is 0 Å². The first-order chi connectivity index (χ1) is 12.3. The number of amides is 1. The molecule has 0 radical (unpaired) electrons. The number of para-hydroxylation sites is 1. The summed E-state index contributed by atoms with van der Waals surface area (Å²) in [5.41, 5.74) is 4.43. The van der Waals surface area contributed by atoms with Gasteiger partial charge in [-0.1, -0.05) is 78.9 Å². The lowest BCUT2D eigenvalue weighted by molar-refractivity contribution is -0.118. The molecule has 0 aliphatic carbocycles. The molecule has 25 heavy (non-hydrogen) atoms. The summed E-state index contributed by atoms with van der Waals surface area (Å²) >= 11 is 1.72. The lowest BCUT2D eigenvalue weighted by Crippen LogP contribution is -2.33. The number of benzene rings is 3. The van der Waals surface area contributed by atoms with Crippen molar-refractivity contribution in [1.82, 2.24) is 0 Å². The molecule has 0 aromatic heterocycles. The molecule has 1 atom stereocenters. The van der Waals surface area contributed by atoms with Crippen LogP contribution in [0.25, 0.3) is 0 Å². The van der Waals surface area contributed by atoms with Crippen molar-refractivity contribution in [3.05, 3.63) is 102 Å². The van der Waals surface area contributed by atoms with Crippen LogP contribution >= 0.6 is 11.8 Å². The summed E-state index contributed by atoms with van der Waals surface area (Å²) < 4.78 is -0.589. The average molecular weight is 345 g/mol. The smallest absolute Gasteiger partial charge is 0.245 e. The fourth-order valence-electron chi connectivity index (χ4n) is 3.32. The Morgan fingerprint density at radius 2 is 1.36 bits per heavy atom. The van der Waals surface area contributed by atoms with E-state index >= 15 is 0 Å². The Morgan fingerprint density at radius 1 is 0.760 bits per heavy atom. The highest BCUT2D eigenvalue weighted by molar-refractivity contribution is 8.00. The van der Waals surface area contributed by atoms with Crippen molar-refractivity contribution in [2.75, 3.05) is 5.32 Å². The van der Waals surface area contributed by atoms with Gasteiger partial charge in [-0.2, -0.15) is 0 Å². The molecule has 1 aliphatic rings. The maximum Gasteiger partial charge on any atom is 0.245 e. The molecule has 3 heteroatoms. The Balaban J connectivity index is 1.72. The van der Waals surface area contributed by atoms with Gasteiger partial charge in [0, 0.05) is 23.4 Å². The molecule has 1 heterocycles. The van der Waals surface area contributed by atoms with Crippen LogP contribution < -0.4 is 5.32 Å². The first kappa shape index (κ1) is 16.0. The van der Waals surface area contributed by atoms with Gasteiger partial charge in [-0.15, -0.1) is 11.8 Å². The summed E-state index contributed by atoms with van der Waals surface area (Å²) in [6, 6.07) is 28.7. The SMILES string of the molecule is O=C1Nc2ccccc2[C@]1(Cc1ccccc1)SCc1ccccc1. The minimum Gasteiger partial charge on any atom is -0.324 e. The monoisotopic (exact) mass is 345 g/mol. The molecule has 1 amide bonds. The zero-order valence-electron chi connectivity index (χ0n) is 13.8. The lowest BCUT2D eigenvalue weighted by Gasteiger charge is -2.27. The van der Waals surface area contributed by atoms with Crippen molar-refractivity contribution in [1.29, 1.82) is 0 Å². The van der Waals surface area contributed by atoms with Crippen molar-refractivity contribution in [2.45, 2.75) is 16.9 Å². The van der Waals surface area contributed by atoms with E-state index in [1.54, 1.807) is 11.8 Å². The maximum atomic E-state index is 13.0. The van der Waals surface area contributed by atoms with Gasteiger partial charge in [0.15, 0.2) is 0 Å². The maximum absolute atomic E-state index is 13.0. The zero-order valence-corrected chi connectivity index (χ0v) is 14.6. The summed E-state index contributed by atoms with van der Waals surface area (Å²) in [6.45, 7) is 0. The fraction of sp³-hybridized carbons (Fsp3) is 0.136. The van der Waals surface area contributed by atoms with Crippen LogP contribution in [0.5, 0.6) is 0 Å². The van der Waals surface area contributed by atoms with E-state index < -0.39 is 4.75 Å². The van der Waals surface area contributed by atoms with E-state index in [0.717, 1.165) is 17.0 Å². The van der Waals surface area contributed by atoms with E-state index in [-0.39, 0.29) is 5.91 Å². The van der Waals surface area contributed by atoms with E-state index in [1.807, 2.05) is 54.6 Å². The Labute approximate surface area is 152 Å². The molecule has 1 aliphatic heterocycles. The van der Waals surface area contributed by atoms with E-state index in [4.69, 9.17) is 0 Å². The van der Waals surface area contributed by atoms with Gasteiger partial charge in [0.05, 0.1) is 0 Å². The third kappa shape index (κ3) is 3.08. The third-order valence-corrected chi connectivity index (χ3v) is 6.12. The molecule has 0 spiro atoms. The van der Waals surface area contributed by atoms with Gasteiger partial charge in [-0.25, -0.2) is 0 Å². The number of nitrogens with one attached hydrogen (secondary N) is 1. The number of thioether (sulfide) groups is 1. The number of carbonyl (C=O) groups is 1. The molecule has 0 bridgehead atoms. The molecular weight excluding hydrogens is 326 g/mol. The minimum atomic E-state index is -0.589. The van der Waals surface area contributed by atoms with Gasteiger partial charge in [-0.05, 0) is 17.2 Å². The topological polar surface area (TPSA) is 29.1 Å². The first-order valence-corrected chi connectivity index (χ1v) is 9.39. The zero-order chi connectivity index (χ0) is 17.1. The highest BCUT2D eigenvalue weighted by Crippen LogP contribution is 2.49. The fourth-order valence-corrected chi connectivity index (χ4v) is 4.71. The van der Waals surface area contributed by atoms with Gasteiger partial charge >= 0.3 is 0 Å². The minimum absolute atomic E-state index is 0.0819. The van der Waals surface area contributed by atoms with Crippen molar-refractivity contribution in [3.63, 3.8) is 0 Å². The number of anilines is 1. The van der Waals surface area contributed by atoms with Crippen LogP contribution in [0.4, 0.5) is 5.69 Å². The standard InChI is InChI=1S/C22H19NOS/c24-21-22(15-17-9-3-1-4-10-17,19-13-7-8-14-20(19)23-21)25-16-18-11-5-2-6-12-18/h1-14H,15-16H2,(H,23,24)/t22-/m0/s1. The second-order valence-electron chi connectivity index (χ2n) is 6.26. The summed E-state index contributed by atoms with van der Waals surface area (Å²) in [4.78, 5) is 13.0. The van der Waals surface area contributed by atoms with Crippen LogP contribution in [-0.2, 0) is 21.7 Å². The first-order valence-electron chi connectivity index (χ1n) is 8.41. The van der Waals surface area contributed by atoms with Gasteiger partial charge < -0.3 is 5.32 Å². The Morgan fingerprint density at radius 3 is 2.08 bits per heavy atom. The molecule has 0 fully saturated rings. The molecule has 0 unspecified atom stereocenters. The van der Waals surface area contributed by atoms with Gasteiger partial charge in [0.1, 0.15) is 4.75 Å². The van der Waals surface area contributed by atoms with Crippen LogP contribution in [0.1, 0.15) is 16.7 Å². The quantitative estimate of drug-likeness (QED) is 0.704. The van der Waals surface area contributed by atoms with Crippen LogP contribution in [-0.4, -0.2) is 5.91 Å². The van der Waals surface area contributed by atoms with Crippen molar-refractivity contribution in [2.24, 2.45) is 0 Å². The predicted octanol–water partition coefficient (Wildman–Crippen LogP) is 5.01. The molecule has 4 rings (SSSR count). The second kappa shape index (κ2) is 6.77. The molecule has 124 valence electrons. The highest BCUT2D eigenvalue weighted by atomic mass is 32.2. The summed E-state index contributed by atoms with van der Waals surface area (Å²) in [7, 11) is 0. The van der Waals surface area contributed by atoms with Crippen LogP contribution in [0.3, 0.4) is 0 Å². The van der Waals surface area contributed by atoms with E-state index in [0.29, 0.717) is 6.42 Å². The molecule has 2 nitrogen and oxygen atoms in total. The summed E-state index contributed by atoms with van der Waals surface area (Å²) in [6.07, 6.45) is 0.689. The van der Waals surface area contributed by atoms with E-state index in [9.17, 15) is 4.79 Å². The second-order valence-corrected chi connectivity index (χ2v) is 7.54. The summed E-state index contributed by atoms with van der Waals surface area (Å²) in [5.74, 6) is 0.883.